The van der Waals surface area contributed by atoms with Crippen LogP contribution in [0.2, 0.25) is 0 Å². The largest absolute Gasteiger partial charge is 0.388 e. The molecule has 2 aromatic carbocycles. The molecule has 1 aliphatic rings. The van der Waals surface area contributed by atoms with Gasteiger partial charge in [0.15, 0.2) is 0 Å². The minimum atomic E-state index is -0.998. The molecule has 1 aliphatic carbocycles. The van der Waals surface area contributed by atoms with Gasteiger partial charge in [-0.25, -0.2) is 4.39 Å². The molecular weight excluding hydrogens is 471 g/mol. The summed E-state index contributed by atoms with van der Waals surface area (Å²) in [5.74, 6) is -0.829. The van der Waals surface area contributed by atoms with E-state index in [1.54, 1.807) is 29.1 Å². The molecule has 37 heavy (non-hydrogen) atoms. The fourth-order valence-corrected chi connectivity index (χ4v) is 5.56. The predicted molar refractivity (Wildman–Crippen MR) is 138 cm³/mol. The van der Waals surface area contributed by atoms with E-state index in [1.165, 1.54) is 12.1 Å². The quantitative estimate of drug-likeness (QED) is 0.370. The number of amides is 1. The van der Waals surface area contributed by atoms with Crippen LogP contribution in [0.25, 0.3) is 33.1 Å². The van der Waals surface area contributed by atoms with Gasteiger partial charge >= 0.3 is 0 Å². The summed E-state index contributed by atoms with van der Waals surface area (Å²) in [4.78, 5) is 16.2. The van der Waals surface area contributed by atoms with E-state index in [4.69, 9.17) is 10.8 Å². The molecule has 3 heterocycles. The number of hydrogen-bond donors (Lipinski definition) is 2. The summed E-state index contributed by atoms with van der Waals surface area (Å²) >= 11 is 0. The smallest absolute Gasteiger partial charge is 0.248 e. The van der Waals surface area contributed by atoms with Crippen LogP contribution in [0.15, 0.2) is 60.9 Å². The van der Waals surface area contributed by atoms with Crippen molar-refractivity contribution in [3.05, 3.63) is 78.0 Å². The standard InChI is InChI=1S/C28H27FN6O2/c1-17-11-18(8-10-31-17)26-23-12-19(27(30)36)5-7-25(23)35(33-26)22-3-2-9-28(37,14-22)16-34-15-20-4-6-21(29)13-24(20)32-34/h4-8,10-13,15,22,37H,2-3,9,14,16H2,1H3,(H2,30,36). The zero-order valence-electron chi connectivity index (χ0n) is 20.4. The van der Waals surface area contributed by atoms with Crippen molar-refractivity contribution in [1.29, 1.82) is 0 Å². The fraction of sp³-hybridized carbons (Fsp3) is 0.286. The average molecular weight is 499 g/mol. The molecule has 6 rings (SSSR count). The number of carbonyl (C=O) groups is 1. The molecule has 2 atom stereocenters. The summed E-state index contributed by atoms with van der Waals surface area (Å²) < 4.78 is 17.3. The molecule has 3 aromatic heterocycles. The molecule has 0 saturated heterocycles. The molecular formula is C28H27FN6O2. The van der Waals surface area contributed by atoms with Crippen LogP contribution in [0.4, 0.5) is 4.39 Å². The minimum Gasteiger partial charge on any atom is -0.388 e. The Morgan fingerprint density at radius 1 is 1.19 bits per heavy atom. The highest BCUT2D eigenvalue weighted by atomic mass is 19.1. The molecule has 188 valence electrons. The molecule has 0 radical (unpaired) electrons. The second kappa shape index (κ2) is 8.77. The van der Waals surface area contributed by atoms with Crippen LogP contribution in [-0.4, -0.2) is 41.2 Å². The first-order valence-electron chi connectivity index (χ1n) is 12.4. The highest BCUT2D eigenvalue weighted by Crippen LogP contribution is 2.40. The van der Waals surface area contributed by atoms with Crippen LogP contribution < -0.4 is 5.73 Å². The van der Waals surface area contributed by atoms with Crippen molar-refractivity contribution in [3.63, 3.8) is 0 Å². The normalized spacial score (nSPS) is 20.0. The zero-order valence-corrected chi connectivity index (χ0v) is 20.4. The van der Waals surface area contributed by atoms with E-state index in [-0.39, 0.29) is 11.9 Å². The second-order valence-electron chi connectivity index (χ2n) is 10.1. The van der Waals surface area contributed by atoms with Crippen LogP contribution >= 0.6 is 0 Å². The third kappa shape index (κ3) is 4.35. The number of aromatic nitrogens is 5. The SMILES string of the molecule is Cc1cc(-c2nn(C3CCCC(O)(Cn4cc5ccc(F)cc5n4)C3)c3ccc(C(N)=O)cc23)ccn1. The van der Waals surface area contributed by atoms with Crippen LogP contribution in [0, 0.1) is 12.7 Å². The highest BCUT2D eigenvalue weighted by molar-refractivity contribution is 6.01. The van der Waals surface area contributed by atoms with Crippen molar-refractivity contribution < 1.29 is 14.3 Å². The lowest BCUT2D eigenvalue weighted by Gasteiger charge is -2.37. The van der Waals surface area contributed by atoms with Crippen molar-refractivity contribution >= 4 is 27.7 Å². The number of aliphatic hydroxyl groups is 1. The van der Waals surface area contributed by atoms with Crippen molar-refractivity contribution in [2.24, 2.45) is 5.73 Å². The van der Waals surface area contributed by atoms with Crippen molar-refractivity contribution in [2.45, 2.75) is 50.8 Å². The first kappa shape index (κ1) is 23.3. The fourth-order valence-electron chi connectivity index (χ4n) is 5.56. The average Bonchev–Trinajstić information content (AvgIpc) is 3.43. The maximum Gasteiger partial charge on any atom is 0.248 e. The van der Waals surface area contributed by atoms with Crippen molar-refractivity contribution in [3.8, 4) is 11.3 Å². The monoisotopic (exact) mass is 498 g/mol. The van der Waals surface area contributed by atoms with Gasteiger partial charge in [0.1, 0.15) is 11.5 Å². The van der Waals surface area contributed by atoms with Crippen LogP contribution in [-0.2, 0) is 6.54 Å². The van der Waals surface area contributed by atoms with E-state index < -0.39 is 11.5 Å². The van der Waals surface area contributed by atoms with Gasteiger partial charge in [-0.05, 0) is 68.7 Å². The molecule has 0 bridgehead atoms. The number of nitrogens with two attached hydrogens (primary N) is 1. The molecule has 2 unspecified atom stereocenters. The molecule has 3 N–H and O–H groups in total. The van der Waals surface area contributed by atoms with Crippen LogP contribution in [0.5, 0.6) is 0 Å². The van der Waals surface area contributed by atoms with Crippen LogP contribution in [0.1, 0.15) is 47.8 Å². The van der Waals surface area contributed by atoms with Crippen molar-refractivity contribution in [1.82, 2.24) is 24.5 Å². The number of primary amides is 1. The van der Waals surface area contributed by atoms with Gasteiger partial charge < -0.3 is 10.8 Å². The number of hydrogen-bond acceptors (Lipinski definition) is 5. The Morgan fingerprint density at radius 3 is 2.86 bits per heavy atom. The summed E-state index contributed by atoms with van der Waals surface area (Å²) in [7, 11) is 0. The molecule has 8 nitrogen and oxygen atoms in total. The Bertz CT molecular complexity index is 1660. The Labute approximate surface area is 212 Å². The third-order valence-electron chi connectivity index (χ3n) is 7.27. The summed E-state index contributed by atoms with van der Waals surface area (Å²) in [6, 6.07) is 13.7. The molecule has 5 aromatic rings. The zero-order chi connectivity index (χ0) is 25.7. The Hall–Kier alpha value is -4.11. The summed E-state index contributed by atoms with van der Waals surface area (Å²) in [5, 5.41) is 22.8. The van der Waals surface area contributed by atoms with E-state index >= 15 is 0 Å². The van der Waals surface area contributed by atoms with Gasteiger partial charge in [-0.15, -0.1) is 0 Å². The Balaban J connectivity index is 1.37. The number of nitrogens with zero attached hydrogens (tertiary/aromatic N) is 5. The van der Waals surface area contributed by atoms with Crippen molar-refractivity contribution in [2.75, 3.05) is 0 Å². The number of aryl methyl sites for hydroxylation is 1. The number of carbonyl (C=O) groups excluding carboxylic acids is 1. The lowest BCUT2D eigenvalue weighted by molar-refractivity contribution is -0.0309. The lowest BCUT2D eigenvalue weighted by Crippen LogP contribution is -2.40. The Morgan fingerprint density at radius 2 is 2.05 bits per heavy atom. The van der Waals surface area contributed by atoms with Gasteiger partial charge in [0.05, 0.1) is 29.2 Å². The Kier molecular flexibility index (Phi) is 5.52. The van der Waals surface area contributed by atoms with E-state index in [1.807, 2.05) is 36.0 Å². The lowest BCUT2D eigenvalue weighted by atomic mass is 9.81. The maximum atomic E-state index is 13.6. The van der Waals surface area contributed by atoms with Crippen LogP contribution in [0.3, 0.4) is 0 Å². The second-order valence-corrected chi connectivity index (χ2v) is 10.1. The molecule has 1 saturated carbocycles. The topological polar surface area (TPSA) is 112 Å². The number of pyridine rings is 1. The number of benzene rings is 2. The van der Waals surface area contributed by atoms with Gasteiger partial charge in [-0.1, -0.05) is 0 Å². The van der Waals surface area contributed by atoms with Gasteiger partial charge in [-0.3, -0.25) is 19.1 Å². The third-order valence-corrected chi connectivity index (χ3v) is 7.27. The summed E-state index contributed by atoms with van der Waals surface area (Å²) in [6.45, 7) is 2.23. The van der Waals surface area contributed by atoms with Gasteiger partial charge in [0.2, 0.25) is 5.91 Å². The summed E-state index contributed by atoms with van der Waals surface area (Å²) in [5.41, 5.74) is 8.96. The van der Waals surface area contributed by atoms with Gasteiger partial charge in [0, 0.05) is 52.5 Å². The number of rotatable bonds is 5. The van der Waals surface area contributed by atoms with E-state index in [0.717, 1.165) is 46.1 Å². The minimum absolute atomic E-state index is 0.0558. The predicted octanol–water partition coefficient (Wildman–Crippen LogP) is 4.54. The number of halogens is 1. The molecule has 1 fully saturated rings. The molecule has 9 heteroatoms. The van der Waals surface area contributed by atoms with Gasteiger partial charge in [-0.2, -0.15) is 10.2 Å². The molecule has 1 amide bonds. The first-order chi connectivity index (χ1) is 17.8. The maximum absolute atomic E-state index is 13.6. The van der Waals surface area contributed by atoms with E-state index in [9.17, 15) is 14.3 Å². The molecule has 0 aliphatic heterocycles. The first-order valence-corrected chi connectivity index (χ1v) is 12.4. The van der Waals surface area contributed by atoms with Gasteiger partial charge in [0.25, 0.3) is 0 Å². The van der Waals surface area contributed by atoms with E-state index in [2.05, 4.69) is 10.1 Å². The highest BCUT2D eigenvalue weighted by Gasteiger charge is 2.37. The van der Waals surface area contributed by atoms with E-state index in [0.29, 0.717) is 30.5 Å². The molecule has 0 spiro atoms. The number of fused-ring (bicyclic) bond motifs is 2. The summed E-state index contributed by atoms with van der Waals surface area (Å²) in [6.07, 6.45) is 6.39.